The van der Waals surface area contributed by atoms with Crippen LogP contribution in [0.4, 0.5) is 33.6 Å². The van der Waals surface area contributed by atoms with Crippen LogP contribution in [0, 0.1) is 13.8 Å². The van der Waals surface area contributed by atoms with Crippen LogP contribution in [0.3, 0.4) is 0 Å². The third-order valence-corrected chi connectivity index (χ3v) is 4.53. The van der Waals surface area contributed by atoms with Crippen LogP contribution in [-0.2, 0) is 0 Å². The summed E-state index contributed by atoms with van der Waals surface area (Å²) < 4.78 is 5.56. The molecule has 0 aliphatic heterocycles. The molecule has 0 bridgehead atoms. The molecule has 0 spiro atoms. The molecule has 0 saturated carbocycles. The molecular formula is C23H21N5O2. The summed E-state index contributed by atoms with van der Waals surface area (Å²) in [5.41, 5.74) is 5.10. The summed E-state index contributed by atoms with van der Waals surface area (Å²) in [6, 6.07) is 17.1. The molecule has 4 aromatic rings. The van der Waals surface area contributed by atoms with Crippen molar-refractivity contribution in [2.75, 3.05) is 15.5 Å². The molecule has 2 aromatic carbocycles. The molecular weight excluding hydrogens is 378 g/mol. The normalized spacial score (nSPS) is 10.5. The molecule has 0 aliphatic rings. The smallest absolute Gasteiger partial charge is 0.323 e. The first-order valence-corrected chi connectivity index (χ1v) is 9.45. The molecule has 2 heterocycles. The predicted octanol–water partition coefficient (Wildman–Crippen LogP) is 5.80. The fourth-order valence-corrected chi connectivity index (χ4v) is 3.02. The van der Waals surface area contributed by atoms with Gasteiger partial charge in [-0.25, -0.2) is 9.78 Å². The maximum absolute atomic E-state index is 12.5. The summed E-state index contributed by atoms with van der Waals surface area (Å²) in [5, 5.41) is 5.72. The van der Waals surface area contributed by atoms with Gasteiger partial charge in [-0.05, 0) is 55.8 Å². The Morgan fingerprint density at radius 2 is 1.73 bits per heavy atom. The lowest BCUT2D eigenvalue weighted by atomic mass is 10.1. The first kappa shape index (κ1) is 19.2. The second-order valence-corrected chi connectivity index (χ2v) is 6.81. The maximum Gasteiger partial charge on any atom is 0.323 e. The maximum atomic E-state index is 12.5. The highest BCUT2D eigenvalue weighted by Crippen LogP contribution is 2.36. The summed E-state index contributed by atoms with van der Waals surface area (Å²) in [6.07, 6.45) is 6.54. The van der Waals surface area contributed by atoms with Gasteiger partial charge in [0.25, 0.3) is 0 Å². The summed E-state index contributed by atoms with van der Waals surface area (Å²) in [6.45, 7) is 3.98. The SMILES string of the molecule is Cc1ccc(NC(=O)Nc2ccc(C)c(N(c3cccnc3)c3ncco3)c2)cc1. The minimum Gasteiger partial charge on any atom is -0.432 e. The Morgan fingerprint density at radius 1 is 0.967 bits per heavy atom. The molecule has 2 aromatic heterocycles. The van der Waals surface area contributed by atoms with E-state index in [2.05, 4.69) is 20.6 Å². The van der Waals surface area contributed by atoms with Gasteiger partial charge in [0.2, 0.25) is 0 Å². The molecule has 30 heavy (non-hydrogen) atoms. The van der Waals surface area contributed by atoms with Crippen LogP contribution >= 0.6 is 0 Å². The number of carbonyl (C=O) groups is 1. The van der Waals surface area contributed by atoms with Crippen LogP contribution in [0.1, 0.15) is 11.1 Å². The van der Waals surface area contributed by atoms with Crippen molar-refractivity contribution in [3.05, 3.63) is 90.6 Å². The topological polar surface area (TPSA) is 83.3 Å². The van der Waals surface area contributed by atoms with Crippen molar-refractivity contribution >= 4 is 34.8 Å². The average molecular weight is 399 g/mol. The van der Waals surface area contributed by atoms with Gasteiger partial charge in [-0.2, -0.15) is 0 Å². The first-order chi connectivity index (χ1) is 14.6. The van der Waals surface area contributed by atoms with Gasteiger partial charge in [-0.3, -0.25) is 9.88 Å². The van der Waals surface area contributed by atoms with E-state index in [0.29, 0.717) is 11.7 Å². The Hall–Kier alpha value is -4.13. The van der Waals surface area contributed by atoms with Crippen LogP contribution in [0.2, 0.25) is 0 Å². The molecule has 4 rings (SSSR count). The largest absolute Gasteiger partial charge is 0.432 e. The molecule has 2 amide bonds. The van der Waals surface area contributed by atoms with Gasteiger partial charge in [0.05, 0.1) is 23.8 Å². The Labute approximate surface area is 174 Å². The lowest BCUT2D eigenvalue weighted by molar-refractivity contribution is 0.262. The van der Waals surface area contributed by atoms with Crippen LogP contribution < -0.4 is 15.5 Å². The highest BCUT2D eigenvalue weighted by atomic mass is 16.4. The van der Waals surface area contributed by atoms with E-state index in [1.54, 1.807) is 18.6 Å². The van der Waals surface area contributed by atoms with Gasteiger partial charge in [-0.1, -0.05) is 23.8 Å². The molecule has 2 N–H and O–H groups in total. The van der Waals surface area contributed by atoms with Crippen molar-refractivity contribution in [2.24, 2.45) is 0 Å². The molecule has 7 heteroatoms. The number of nitrogens with zero attached hydrogens (tertiary/aromatic N) is 3. The summed E-state index contributed by atoms with van der Waals surface area (Å²) >= 11 is 0. The predicted molar refractivity (Wildman–Crippen MR) is 118 cm³/mol. The number of amides is 2. The van der Waals surface area contributed by atoms with E-state index in [-0.39, 0.29) is 6.03 Å². The van der Waals surface area contributed by atoms with E-state index in [0.717, 1.165) is 28.2 Å². The first-order valence-electron chi connectivity index (χ1n) is 9.45. The molecule has 0 fully saturated rings. The zero-order valence-corrected chi connectivity index (χ0v) is 16.7. The van der Waals surface area contributed by atoms with Crippen LogP contribution in [0.5, 0.6) is 0 Å². The minimum absolute atomic E-state index is 0.322. The number of pyridine rings is 1. The number of benzene rings is 2. The van der Waals surface area contributed by atoms with Crippen molar-refractivity contribution in [3.8, 4) is 0 Å². The number of aryl methyl sites for hydroxylation is 2. The van der Waals surface area contributed by atoms with E-state index in [9.17, 15) is 4.79 Å². The monoisotopic (exact) mass is 399 g/mol. The minimum atomic E-state index is -0.322. The molecule has 0 unspecified atom stereocenters. The van der Waals surface area contributed by atoms with E-state index in [4.69, 9.17) is 4.42 Å². The van der Waals surface area contributed by atoms with Crippen molar-refractivity contribution in [3.63, 3.8) is 0 Å². The fourth-order valence-electron chi connectivity index (χ4n) is 3.02. The highest BCUT2D eigenvalue weighted by Gasteiger charge is 2.19. The van der Waals surface area contributed by atoms with Gasteiger partial charge in [-0.15, -0.1) is 0 Å². The number of urea groups is 1. The molecule has 150 valence electrons. The number of hydrogen-bond acceptors (Lipinski definition) is 5. The highest BCUT2D eigenvalue weighted by molar-refractivity contribution is 6.00. The van der Waals surface area contributed by atoms with Gasteiger partial charge >= 0.3 is 12.0 Å². The zero-order valence-electron chi connectivity index (χ0n) is 16.7. The molecule has 7 nitrogen and oxygen atoms in total. The number of rotatable bonds is 5. The fraction of sp³-hybridized carbons (Fsp3) is 0.0870. The second kappa shape index (κ2) is 8.48. The van der Waals surface area contributed by atoms with Gasteiger partial charge < -0.3 is 15.1 Å². The zero-order chi connectivity index (χ0) is 20.9. The van der Waals surface area contributed by atoms with Gasteiger partial charge in [0, 0.05) is 17.6 Å². The summed E-state index contributed by atoms with van der Waals surface area (Å²) in [5.74, 6) is 0. The van der Waals surface area contributed by atoms with Gasteiger partial charge in [0.1, 0.15) is 6.26 Å². The molecule has 0 radical (unpaired) electrons. The summed E-state index contributed by atoms with van der Waals surface area (Å²) in [7, 11) is 0. The van der Waals surface area contributed by atoms with Crippen molar-refractivity contribution in [2.45, 2.75) is 13.8 Å². The van der Waals surface area contributed by atoms with Crippen LogP contribution in [-0.4, -0.2) is 16.0 Å². The van der Waals surface area contributed by atoms with Crippen LogP contribution in [0.15, 0.2) is 83.9 Å². The van der Waals surface area contributed by atoms with Crippen molar-refractivity contribution in [1.82, 2.24) is 9.97 Å². The Kier molecular flexibility index (Phi) is 5.43. The Bertz CT molecular complexity index is 1130. The lowest BCUT2D eigenvalue weighted by Crippen LogP contribution is -2.20. The third-order valence-electron chi connectivity index (χ3n) is 4.53. The van der Waals surface area contributed by atoms with Crippen LogP contribution in [0.25, 0.3) is 0 Å². The lowest BCUT2D eigenvalue weighted by Gasteiger charge is -2.23. The third kappa shape index (κ3) is 4.30. The number of anilines is 5. The molecule has 0 atom stereocenters. The van der Waals surface area contributed by atoms with E-state index in [1.165, 1.54) is 6.26 Å². The number of carbonyl (C=O) groups excluding carboxylic acids is 1. The standard InChI is InChI=1S/C23H21N5O2/c1-16-5-8-18(9-6-16)26-22(29)27-19-10-7-17(2)21(14-19)28(23-25-12-13-30-23)20-4-3-11-24-15-20/h3-15H,1-2H3,(H2,26,27,29). The van der Waals surface area contributed by atoms with E-state index < -0.39 is 0 Å². The summed E-state index contributed by atoms with van der Waals surface area (Å²) in [4.78, 5) is 22.8. The van der Waals surface area contributed by atoms with Gasteiger partial charge in [0.15, 0.2) is 0 Å². The van der Waals surface area contributed by atoms with E-state index in [1.807, 2.05) is 73.3 Å². The number of oxazole rings is 1. The number of aromatic nitrogens is 2. The molecule has 0 saturated heterocycles. The quantitative estimate of drug-likeness (QED) is 0.443. The Balaban J connectivity index is 1.61. The van der Waals surface area contributed by atoms with Crippen molar-refractivity contribution in [1.29, 1.82) is 0 Å². The number of nitrogens with one attached hydrogen (secondary N) is 2. The van der Waals surface area contributed by atoms with E-state index >= 15 is 0 Å². The second-order valence-electron chi connectivity index (χ2n) is 6.81. The Morgan fingerprint density at radius 3 is 2.43 bits per heavy atom. The average Bonchev–Trinajstić information content (AvgIpc) is 3.27. The molecule has 0 aliphatic carbocycles. The van der Waals surface area contributed by atoms with Crippen molar-refractivity contribution < 1.29 is 9.21 Å². The number of hydrogen-bond donors (Lipinski definition) is 2.